The van der Waals surface area contributed by atoms with Gasteiger partial charge in [-0.2, -0.15) is 0 Å². The largest absolute Gasteiger partial charge is 0.353 e. The monoisotopic (exact) mass is 242 g/mol. The minimum Gasteiger partial charge on any atom is -0.353 e. The Bertz CT molecular complexity index is 150. The second-order valence-electron chi connectivity index (χ2n) is 5.16. The number of alkyl halides is 2. The summed E-state index contributed by atoms with van der Waals surface area (Å²) < 4.78 is 10.9. The lowest BCUT2D eigenvalue weighted by Gasteiger charge is -2.30. The number of rotatable bonds is 3. The van der Waals surface area contributed by atoms with Gasteiger partial charge in [-0.05, 0) is 41.5 Å². The van der Waals surface area contributed by atoms with E-state index < -0.39 is 11.1 Å². The highest BCUT2D eigenvalue weighted by Crippen LogP contribution is 2.23. The average Bonchev–Trinajstić information content (AvgIpc) is 1.78. The van der Waals surface area contributed by atoms with Crippen molar-refractivity contribution >= 4 is 23.2 Å². The van der Waals surface area contributed by atoms with Gasteiger partial charge in [-0.15, -0.1) is 0 Å². The lowest BCUT2D eigenvalue weighted by molar-refractivity contribution is -0.105. The Kier molecular flexibility index (Phi) is 5.20. The molecular weight excluding hydrogens is 223 g/mol. The minimum absolute atomic E-state index is 0.319. The van der Waals surface area contributed by atoms with Gasteiger partial charge < -0.3 is 9.47 Å². The Morgan fingerprint density at radius 3 is 1.07 bits per heavy atom. The SMILES string of the molecule is CC(C)(C)OC(Cl)C(Cl)OC(C)(C)C. The summed E-state index contributed by atoms with van der Waals surface area (Å²) in [5, 5.41) is 0. The molecular formula is C10H20Cl2O2. The molecule has 2 atom stereocenters. The van der Waals surface area contributed by atoms with Gasteiger partial charge in [-0.1, -0.05) is 23.2 Å². The summed E-state index contributed by atoms with van der Waals surface area (Å²) >= 11 is 11.9. The normalized spacial score (nSPS) is 18.0. The summed E-state index contributed by atoms with van der Waals surface area (Å²) in [6, 6.07) is 0. The van der Waals surface area contributed by atoms with Crippen LogP contribution >= 0.6 is 23.2 Å². The summed E-state index contributed by atoms with van der Waals surface area (Å²) in [5.74, 6) is 0. The van der Waals surface area contributed by atoms with E-state index in [-0.39, 0.29) is 11.2 Å². The van der Waals surface area contributed by atoms with Crippen LogP contribution in [0.1, 0.15) is 41.5 Å². The molecule has 0 bridgehead atoms. The highest BCUT2D eigenvalue weighted by molar-refractivity contribution is 6.28. The third-order valence-corrected chi connectivity index (χ3v) is 1.90. The molecule has 0 saturated heterocycles. The van der Waals surface area contributed by atoms with Crippen molar-refractivity contribution in [2.45, 2.75) is 63.9 Å². The van der Waals surface area contributed by atoms with Crippen LogP contribution in [-0.2, 0) is 9.47 Å². The quantitative estimate of drug-likeness (QED) is 0.703. The van der Waals surface area contributed by atoms with Gasteiger partial charge in [0, 0.05) is 0 Å². The van der Waals surface area contributed by atoms with E-state index in [1.54, 1.807) is 0 Å². The molecule has 4 heteroatoms. The Morgan fingerprint density at radius 2 is 0.929 bits per heavy atom. The zero-order valence-electron chi connectivity index (χ0n) is 9.73. The van der Waals surface area contributed by atoms with Crippen molar-refractivity contribution in [1.82, 2.24) is 0 Å². The Morgan fingerprint density at radius 1 is 0.714 bits per heavy atom. The molecule has 0 aliphatic carbocycles. The molecule has 0 radical (unpaired) electrons. The van der Waals surface area contributed by atoms with Gasteiger partial charge >= 0.3 is 0 Å². The first-order valence-electron chi connectivity index (χ1n) is 4.65. The molecule has 0 heterocycles. The average molecular weight is 243 g/mol. The number of hydrogen-bond acceptors (Lipinski definition) is 2. The number of hydrogen-bond donors (Lipinski definition) is 0. The molecule has 0 fully saturated rings. The Hall–Kier alpha value is 0.500. The molecule has 86 valence electrons. The molecule has 2 unspecified atom stereocenters. The van der Waals surface area contributed by atoms with Gasteiger partial charge in [0.1, 0.15) is 0 Å². The van der Waals surface area contributed by atoms with Crippen LogP contribution in [0.4, 0.5) is 0 Å². The predicted molar refractivity (Wildman–Crippen MR) is 61.0 cm³/mol. The summed E-state index contributed by atoms with van der Waals surface area (Å²) in [6.45, 7) is 11.5. The maximum Gasteiger partial charge on any atom is 0.171 e. The minimum atomic E-state index is -0.643. The lowest BCUT2D eigenvalue weighted by atomic mass is 10.2. The molecule has 0 aromatic carbocycles. The van der Waals surface area contributed by atoms with Gasteiger partial charge in [0.15, 0.2) is 11.1 Å². The smallest absolute Gasteiger partial charge is 0.171 e. The molecule has 14 heavy (non-hydrogen) atoms. The van der Waals surface area contributed by atoms with E-state index in [9.17, 15) is 0 Å². The molecule has 2 nitrogen and oxygen atoms in total. The number of ether oxygens (including phenoxy) is 2. The third kappa shape index (κ3) is 7.86. The van der Waals surface area contributed by atoms with Crippen LogP contribution in [0, 0.1) is 0 Å². The first kappa shape index (κ1) is 14.5. The van der Waals surface area contributed by atoms with Crippen molar-refractivity contribution in [2.24, 2.45) is 0 Å². The van der Waals surface area contributed by atoms with E-state index in [1.165, 1.54) is 0 Å². The van der Waals surface area contributed by atoms with E-state index >= 15 is 0 Å². The fourth-order valence-corrected chi connectivity index (χ4v) is 1.42. The summed E-state index contributed by atoms with van der Waals surface area (Å²) in [7, 11) is 0. The van der Waals surface area contributed by atoms with Gasteiger partial charge in [-0.25, -0.2) is 0 Å². The fourth-order valence-electron chi connectivity index (χ4n) is 0.782. The molecule has 0 aliphatic heterocycles. The molecule has 0 spiro atoms. The van der Waals surface area contributed by atoms with Crippen LogP contribution in [0.3, 0.4) is 0 Å². The summed E-state index contributed by atoms with van der Waals surface area (Å²) in [6.07, 6.45) is 0. The van der Waals surface area contributed by atoms with Crippen molar-refractivity contribution in [2.75, 3.05) is 0 Å². The zero-order chi connectivity index (χ0) is 11.6. The van der Waals surface area contributed by atoms with Crippen molar-refractivity contribution in [1.29, 1.82) is 0 Å². The second-order valence-corrected chi connectivity index (χ2v) is 6.02. The van der Waals surface area contributed by atoms with Crippen molar-refractivity contribution < 1.29 is 9.47 Å². The molecule has 0 aliphatic rings. The van der Waals surface area contributed by atoms with E-state index in [2.05, 4.69) is 0 Å². The van der Waals surface area contributed by atoms with Crippen LogP contribution in [-0.4, -0.2) is 22.3 Å². The highest BCUT2D eigenvalue weighted by Gasteiger charge is 2.27. The molecule has 0 aromatic heterocycles. The van der Waals surface area contributed by atoms with E-state index in [0.29, 0.717) is 0 Å². The van der Waals surface area contributed by atoms with Crippen LogP contribution in [0.25, 0.3) is 0 Å². The van der Waals surface area contributed by atoms with Crippen LogP contribution in [0.15, 0.2) is 0 Å². The Labute approximate surface area is 96.9 Å². The van der Waals surface area contributed by atoms with Crippen LogP contribution in [0.5, 0.6) is 0 Å². The van der Waals surface area contributed by atoms with Gasteiger partial charge in [0.25, 0.3) is 0 Å². The second kappa shape index (κ2) is 5.02. The van der Waals surface area contributed by atoms with E-state index in [1.807, 2.05) is 41.5 Å². The molecule has 0 saturated carbocycles. The Balaban J connectivity index is 4.07. The van der Waals surface area contributed by atoms with Crippen molar-refractivity contribution in [3.05, 3.63) is 0 Å². The predicted octanol–water partition coefficient (Wildman–Crippen LogP) is 3.75. The summed E-state index contributed by atoms with van der Waals surface area (Å²) in [5.41, 5.74) is -1.92. The van der Waals surface area contributed by atoms with Gasteiger partial charge in [0.2, 0.25) is 0 Å². The molecule has 0 aromatic rings. The van der Waals surface area contributed by atoms with Crippen molar-refractivity contribution in [3.8, 4) is 0 Å². The molecule has 0 N–H and O–H groups in total. The first-order valence-corrected chi connectivity index (χ1v) is 5.52. The van der Waals surface area contributed by atoms with E-state index in [0.717, 1.165) is 0 Å². The van der Waals surface area contributed by atoms with E-state index in [4.69, 9.17) is 32.7 Å². The molecule has 0 rings (SSSR count). The van der Waals surface area contributed by atoms with Gasteiger partial charge in [0.05, 0.1) is 11.2 Å². The maximum absolute atomic E-state index is 5.94. The standard InChI is InChI=1S/C10H20Cl2O2/c1-9(2,3)13-7(11)8(12)14-10(4,5)6/h7-8H,1-6H3. The third-order valence-electron chi connectivity index (χ3n) is 1.14. The van der Waals surface area contributed by atoms with Gasteiger partial charge in [-0.3, -0.25) is 0 Å². The summed E-state index contributed by atoms with van der Waals surface area (Å²) in [4.78, 5) is 0. The zero-order valence-corrected chi connectivity index (χ0v) is 11.2. The fraction of sp³-hybridized carbons (Fsp3) is 1.00. The first-order chi connectivity index (χ1) is 6.01. The van der Waals surface area contributed by atoms with Crippen LogP contribution < -0.4 is 0 Å². The number of halogens is 2. The van der Waals surface area contributed by atoms with Crippen LogP contribution in [0.2, 0.25) is 0 Å². The topological polar surface area (TPSA) is 18.5 Å². The van der Waals surface area contributed by atoms with Crippen molar-refractivity contribution in [3.63, 3.8) is 0 Å². The molecule has 0 amide bonds. The maximum atomic E-state index is 5.94. The highest BCUT2D eigenvalue weighted by atomic mass is 35.5. The lowest BCUT2D eigenvalue weighted by Crippen LogP contribution is -2.35.